The summed E-state index contributed by atoms with van der Waals surface area (Å²) in [4.78, 5) is 14.3. The van der Waals surface area contributed by atoms with Crippen LogP contribution in [0.4, 0.5) is 0 Å². The fraction of sp³-hybridized carbons (Fsp3) is 0.533. The largest absolute Gasteiger partial charge is 0.493 e. The summed E-state index contributed by atoms with van der Waals surface area (Å²) in [6, 6.07) is 5.37. The molecule has 0 aliphatic carbocycles. The van der Waals surface area contributed by atoms with E-state index in [0.29, 0.717) is 23.0 Å². The van der Waals surface area contributed by atoms with Crippen LogP contribution in [0.5, 0.6) is 11.5 Å². The molecule has 0 radical (unpaired) electrons. The second-order valence-corrected chi connectivity index (χ2v) is 5.23. The van der Waals surface area contributed by atoms with Crippen LogP contribution in [-0.4, -0.2) is 44.2 Å². The van der Waals surface area contributed by atoms with E-state index >= 15 is 0 Å². The quantitative estimate of drug-likeness (QED) is 0.906. The van der Waals surface area contributed by atoms with Crippen LogP contribution in [0.2, 0.25) is 0 Å². The van der Waals surface area contributed by atoms with Gasteiger partial charge in [-0.25, -0.2) is 0 Å². The highest BCUT2D eigenvalue weighted by Crippen LogP contribution is 2.29. The summed E-state index contributed by atoms with van der Waals surface area (Å²) in [6.07, 6.45) is 0.969. The Bertz CT molecular complexity index is 488. The zero-order chi connectivity index (χ0) is 14.7. The summed E-state index contributed by atoms with van der Waals surface area (Å²) in [7, 11) is 3.14. The van der Waals surface area contributed by atoms with Gasteiger partial charge in [-0.1, -0.05) is 0 Å². The molecular weight excluding hydrogens is 256 g/mol. The molecule has 1 amide bonds. The van der Waals surface area contributed by atoms with Gasteiger partial charge in [-0.15, -0.1) is 0 Å². The van der Waals surface area contributed by atoms with Crippen LogP contribution < -0.4 is 15.2 Å². The highest BCUT2D eigenvalue weighted by Gasteiger charge is 2.29. The SMILES string of the molecule is COc1ccc(C(=O)N2CCC(C(C)N)C2)cc1OC. The molecule has 1 aliphatic heterocycles. The van der Waals surface area contributed by atoms with Gasteiger partial charge in [0.05, 0.1) is 14.2 Å². The van der Waals surface area contributed by atoms with E-state index < -0.39 is 0 Å². The average Bonchev–Trinajstić information content (AvgIpc) is 2.95. The lowest BCUT2D eigenvalue weighted by Crippen LogP contribution is -2.33. The summed E-state index contributed by atoms with van der Waals surface area (Å²) in [5.41, 5.74) is 6.53. The van der Waals surface area contributed by atoms with E-state index in [9.17, 15) is 4.79 Å². The Morgan fingerprint density at radius 2 is 2.05 bits per heavy atom. The summed E-state index contributed by atoms with van der Waals surface area (Å²) < 4.78 is 10.4. The van der Waals surface area contributed by atoms with E-state index in [1.54, 1.807) is 32.4 Å². The minimum atomic E-state index is 0.0223. The molecule has 5 heteroatoms. The highest BCUT2D eigenvalue weighted by molar-refractivity contribution is 5.95. The Kier molecular flexibility index (Phi) is 4.49. The molecule has 0 aromatic heterocycles. The fourth-order valence-electron chi connectivity index (χ4n) is 2.55. The number of methoxy groups -OCH3 is 2. The van der Waals surface area contributed by atoms with Gasteiger partial charge >= 0.3 is 0 Å². The van der Waals surface area contributed by atoms with Crippen molar-refractivity contribution in [1.29, 1.82) is 0 Å². The molecule has 0 saturated carbocycles. The van der Waals surface area contributed by atoms with E-state index in [4.69, 9.17) is 15.2 Å². The van der Waals surface area contributed by atoms with E-state index in [2.05, 4.69) is 0 Å². The molecule has 5 nitrogen and oxygen atoms in total. The second-order valence-electron chi connectivity index (χ2n) is 5.23. The smallest absolute Gasteiger partial charge is 0.254 e. The molecule has 1 aromatic rings. The third-order valence-electron chi connectivity index (χ3n) is 3.89. The van der Waals surface area contributed by atoms with Crippen LogP contribution in [0.3, 0.4) is 0 Å². The summed E-state index contributed by atoms with van der Waals surface area (Å²) in [6.45, 7) is 3.49. The molecule has 110 valence electrons. The number of hydrogen-bond donors (Lipinski definition) is 1. The molecule has 2 unspecified atom stereocenters. The lowest BCUT2D eigenvalue weighted by molar-refractivity contribution is 0.0785. The van der Waals surface area contributed by atoms with Gasteiger partial charge in [-0.05, 0) is 37.5 Å². The number of rotatable bonds is 4. The van der Waals surface area contributed by atoms with Crippen LogP contribution in [0, 0.1) is 5.92 Å². The van der Waals surface area contributed by atoms with Crippen molar-refractivity contribution in [2.75, 3.05) is 27.3 Å². The number of ether oxygens (including phenoxy) is 2. The van der Waals surface area contributed by atoms with E-state index in [0.717, 1.165) is 19.5 Å². The van der Waals surface area contributed by atoms with Crippen LogP contribution in [-0.2, 0) is 0 Å². The van der Waals surface area contributed by atoms with Crippen molar-refractivity contribution < 1.29 is 14.3 Å². The number of nitrogens with zero attached hydrogens (tertiary/aromatic N) is 1. The molecular formula is C15H22N2O3. The Morgan fingerprint density at radius 3 is 2.60 bits per heavy atom. The Hall–Kier alpha value is -1.75. The lowest BCUT2D eigenvalue weighted by Gasteiger charge is -2.19. The minimum absolute atomic E-state index is 0.0223. The maximum atomic E-state index is 12.5. The van der Waals surface area contributed by atoms with Crippen molar-refractivity contribution in [2.24, 2.45) is 11.7 Å². The monoisotopic (exact) mass is 278 g/mol. The maximum absolute atomic E-state index is 12.5. The van der Waals surface area contributed by atoms with E-state index in [1.807, 2.05) is 11.8 Å². The fourth-order valence-corrected chi connectivity index (χ4v) is 2.55. The van der Waals surface area contributed by atoms with Gasteiger partial charge in [0.15, 0.2) is 11.5 Å². The molecule has 1 heterocycles. The van der Waals surface area contributed by atoms with Gasteiger partial charge in [-0.2, -0.15) is 0 Å². The summed E-state index contributed by atoms with van der Waals surface area (Å²) in [5.74, 6) is 1.61. The standard InChI is InChI=1S/C15H22N2O3/c1-10(16)12-6-7-17(9-12)15(18)11-4-5-13(19-2)14(8-11)20-3/h4-5,8,10,12H,6-7,9,16H2,1-3H3. The molecule has 0 bridgehead atoms. The van der Waals surface area contributed by atoms with Crippen molar-refractivity contribution in [3.05, 3.63) is 23.8 Å². The van der Waals surface area contributed by atoms with Crippen molar-refractivity contribution in [3.63, 3.8) is 0 Å². The van der Waals surface area contributed by atoms with Gasteiger partial charge in [0.25, 0.3) is 5.91 Å². The molecule has 2 rings (SSSR count). The first-order valence-electron chi connectivity index (χ1n) is 6.83. The van der Waals surface area contributed by atoms with Gasteiger partial charge < -0.3 is 20.1 Å². The second kappa shape index (κ2) is 6.13. The number of amides is 1. The summed E-state index contributed by atoms with van der Waals surface area (Å²) >= 11 is 0. The van der Waals surface area contributed by atoms with Crippen molar-refractivity contribution >= 4 is 5.91 Å². The van der Waals surface area contributed by atoms with Crippen molar-refractivity contribution in [2.45, 2.75) is 19.4 Å². The molecule has 1 fully saturated rings. The zero-order valence-electron chi connectivity index (χ0n) is 12.3. The van der Waals surface area contributed by atoms with E-state index in [-0.39, 0.29) is 11.9 Å². The molecule has 20 heavy (non-hydrogen) atoms. The minimum Gasteiger partial charge on any atom is -0.493 e. The number of benzene rings is 1. The Labute approximate surface area is 119 Å². The van der Waals surface area contributed by atoms with Crippen molar-refractivity contribution in [3.8, 4) is 11.5 Å². The van der Waals surface area contributed by atoms with Gasteiger partial charge in [0.1, 0.15) is 0 Å². The van der Waals surface area contributed by atoms with Crippen molar-refractivity contribution in [1.82, 2.24) is 4.90 Å². The zero-order valence-corrected chi connectivity index (χ0v) is 12.3. The summed E-state index contributed by atoms with van der Waals surface area (Å²) in [5, 5.41) is 0. The molecule has 1 saturated heterocycles. The van der Waals surface area contributed by atoms with Crippen LogP contribution >= 0.6 is 0 Å². The number of carbonyl (C=O) groups excluding carboxylic acids is 1. The first kappa shape index (κ1) is 14.7. The topological polar surface area (TPSA) is 64.8 Å². The Morgan fingerprint density at radius 1 is 1.35 bits per heavy atom. The predicted octanol–water partition coefficient (Wildman–Crippen LogP) is 1.51. The first-order chi connectivity index (χ1) is 9.56. The number of likely N-dealkylation sites (tertiary alicyclic amines) is 1. The van der Waals surface area contributed by atoms with Crippen LogP contribution in [0.1, 0.15) is 23.7 Å². The molecule has 2 atom stereocenters. The molecule has 2 N–H and O–H groups in total. The normalized spacial score (nSPS) is 19.8. The third-order valence-corrected chi connectivity index (χ3v) is 3.89. The molecule has 0 spiro atoms. The number of carbonyl (C=O) groups is 1. The molecule has 1 aromatic carbocycles. The van der Waals surface area contributed by atoms with Gasteiger partial charge in [0, 0.05) is 24.7 Å². The molecule has 1 aliphatic rings. The highest BCUT2D eigenvalue weighted by atomic mass is 16.5. The van der Waals surface area contributed by atoms with Crippen LogP contribution in [0.25, 0.3) is 0 Å². The number of hydrogen-bond acceptors (Lipinski definition) is 4. The lowest BCUT2D eigenvalue weighted by atomic mass is 10.0. The van der Waals surface area contributed by atoms with Gasteiger partial charge in [0.2, 0.25) is 0 Å². The van der Waals surface area contributed by atoms with Crippen LogP contribution in [0.15, 0.2) is 18.2 Å². The average molecular weight is 278 g/mol. The maximum Gasteiger partial charge on any atom is 0.254 e. The van der Waals surface area contributed by atoms with Gasteiger partial charge in [-0.3, -0.25) is 4.79 Å². The number of nitrogens with two attached hydrogens (primary N) is 1. The first-order valence-corrected chi connectivity index (χ1v) is 6.83. The third kappa shape index (κ3) is 2.88. The Balaban J connectivity index is 2.14. The van der Waals surface area contributed by atoms with E-state index in [1.165, 1.54) is 0 Å². The predicted molar refractivity (Wildman–Crippen MR) is 77.2 cm³/mol.